The number of hydroxylamine groups is 2. The summed E-state index contributed by atoms with van der Waals surface area (Å²) < 4.78 is 11.2. The second kappa shape index (κ2) is 9.29. The summed E-state index contributed by atoms with van der Waals surface area (Å²) >= 11 is 0. The molecule has 0 aromatic carbocycles. The van der Waals surface area contributed by atoms with Crippen LogP contribution in [0.2, 0.25) is 0 Å². The van der Waals surface area contributed by atoms with Crippen LogP contribution in [0, 0.1) is 0 Å². The average Bonchev–Trinajstić information content (AvgIpc) is 3.33. The normalized spacial score (nSPS) is 24.4. The van der Waals surface area contributed by atoms with Gasteiger partial charge >= 0.3 is 12.1 Å². The van der Waals surface area contributed by atoms with Crippen molar-refractivity contribution in [2.24, 2.45) is 0 Å². The van der Waals surface area contributed by atoms with Crippen molar-refractivity contribution in [3.05, 3.63) is 17.5 Å². The highest BCUT2D eigenvalue weighted by molar-refractivity contribution is 5.77. The summed E-state index contributed by atoms with van der Waals surface area (Å²) in [6, 6.07) is 1.99. The van der Waals surface area contributed by atoms with Crippen molar-refractivity contribution in [3.8, 4) is 0 Å². The first kappa shape index (κ1) is 22.9. The Morgan fingerprint density at radius 1 is 1.22 bits per heavy atom. The molecule has 0 aliphatic carbocycles. The van der Waals surface area contributed by atoms with Crippen molar-refractivity contribution in [3.63, 3.8) is 0 Å². The molecule has 0 spiro atoms. The van der Waals surface area contributed by atoms with E-state index < -0.39 is 5.60 Å². The molecule has 9 heteroatoms. The molecule has 3 saturated heterocycles. The third kappa shape index (κ3) is 4.87. The smallest absolute Gasteiger partial charge is 0.410 e. The summed E-state index contributed by atoms with van der Waals surface area (Å²) in [7, 11) is 0. The van der Waals surface area contributed by atoms with Gasteiger partial charge in [-0.25, -0.2) is 9.59 Å². The first-order valence-corrected chi connectivity index (χ1v) is 11.9. The molecule has 3 fully saturated rings. The van der Waals surface area contributed by atoms with E-state index in [0.29, 0.717) is 26.2 Å². The Morgan fingerprint density at radius 2 is 1.97 bits per heavy atom. The van der Waals surface area contributed by atoms with Gasteiger partial charge in [-0.1, -0.05) is 18.5 Å². The second-order valence-corrected chi connectivity index (χ2v) is 10.1. The van der Waals surface area contributed by atoms with Crippen LogP contribution < -0.4 is 0 Å². The highest BCUT2D eigenvalue weighted by Crippen LogP contribution is 2.39. The highest BCUT2D eigenvalue weighted by Gasteiger charge is 2.47. The number of hydrogen-bond acceptors (Lipinski definition) is 6. The standard InChI is InChI=1S/C23H36N4O5/c1-5-6-13-30-27-17-7-8-19(26(15-17)21(27)28)18-14-20(32-24-18)16-9-11-25(12-10-16)22(29)31-23(2,3)4/h14,16-17,19H,5-13,15H2,1-4H3/t17-,19-/m0/s1. The van der Waals surface area contributed by atoms with Gasteiger partial charge < -0.3 is 19.1 Å². The lowest BCUT2D eigenvalue weighted by Gasteiger charge is -2.32. The molecule has 32 heavy (non-hydrogen) atoms. The predicted molar refractivity (Wildman–Crippen MR) is 117 cm³/mol. The van der Waals surface area contributed by atoms with Crippen LogP contribution in [-0.2, 0) is 9.57 Å². The molecule has 1 aromatic rings. The molecule has 3 aliphatic heterocycles. The van der Waals surface area contributed by atoms with Gasteiger partial charge in [-0.15, -0.1) is 0 Å². The molecule has 3 aliphatic rings. The van der Waals surface area contributed by atoms with Crippen LogP contribution in [0.1, 0.15) is 89.6 Å². The van der Waals surface area contributed by atoms with Crippen LogP contribution in [0.5, 0.6) is 0 Å². The summed E-state index contributed by atoms with van der Waals surface area (Å²) in [5.41, 5.74) is 0.327. The molecule has 3 amide bonds. The number of amides is 3. The number of carbonyl (C=O) groups excluding carboxylic acids is 2. The molecule has 9 nitrogen and oxygen atoms in total. The maximum atomic E-state index is 12.9. The minimum Gasteiger partial charge on any atom is -0.444 e. The summed E-state index contributed by atoms with van der Waals surface area (Å²) in [4.78, 5) is 34.6. The van der Waals surface area contributed by atoms with Gasteiger partial charge in [0.05, 0.1) is 18.7 Å². The van der Waals surface area contributed by atoms with Crippen molar-refractivity contribution in [2.45, 2.75) is 89.8 Å². The Balaban J connectivity index is 1.34. The van der Waals surface area contributed by atoms with Gasteiger partial charge in [0.1, 0.15) is 17.1 Å². The second-order valence-electron chi connectivity index (χ2n) is 10.1. The molecule has 2 atom stereocenters. The zero-order valence-electron chi connectivity index (χ0n) is 19.7. The van der Waals surface area contributed by atoms with Gasteiger partial charge in [0.2, 0.25) is 0 Å². The molecule has 1 aromatic heterocycles. The molecular weight excluding hydrogens is 412 g/mol. The third-order valence-electron chi connectivity index (χ3n) is 6.49. The number of aromatic nitrogens is 1. The van der Waals surface area contributed by atoms with Crippen LogP contribution >= 0.6 is 0 Å². The molecule has 4 rings (SSSR count). The Kier molecular flexibility index (Phi) is 6.65. The van der Waals surface area contributed by atoms with E-state index in [1.807, 2.05) is 31.7 Å². The van der Waals surface area contributed by atoms with Crippen molar-refractivity contribution in [2.75, 3.05) is 26.2 Å². The molecule has 0 unspecified atom stereocenters. The van der Waals surface area contributed by atoms with Gasteiger partial charge in [-0.3, -0.25) is 4.84 Å². The lowest BCUT2D eigenvalue weighted by molar-refractivity contribution is -0.130. The lowest BCUT2D eigenvalue weighted by Crippen LogP contribution is -2.41. The largest absolute Gasteiger partial charge is 0.444 e. The average molecular weight is 449 g/mol. The van der Waals surface area contributed by atoms with Crippen molar-refractivity contribution in [1.29, 1.82) is 0 Å². The number of carbonyl (C=O) groups is 2. The van der Waals surface area contributed by atoms with Crippen molar-refractivity contribution < 1.29 is 23.7 Å². The predicted octanol–water partition coefficient (Wildman–Crippen LogP) is 4.46. The van der Waals surface area contributed by atoms with Crippen LogP contribution in [0.15, 0.2) is 10.6 Å². The Labute approximate surface area is 189 Å². The molecule has 0 radical (unpaired) electrons. The number of nitrogens with zero attached hydrogens (tertiary/aromatic N) is 4. The van der Waals surface area contributed by atoms with Gasteiger partial charge in [0.25, 0.3) is 0 Å². The van der Waals surface area contributed by atoms with Crippen molar-refractivity contribution >= 4 is 12.1 Å². The molecule has 4 heterocycles. The molecule has 178 valence electrons. The number of fused-ring (bicyclic) bond motifs is 2. The number of unbranched alkanes of at least 4 members (excludes halogenated alkanes) is 1. The van der Waals surface area contributed by atoms with E-state index in [9.17, 15) is 9.59 Å². The Morgan fingerprint density at radius 3 is 2.66 bits per heavy atom. The minimum absolute atomic E-state index is 0.0659. The Hall–Kier alpha value is -2.29. The van der Waals surface area contributed by atoms with E-state index in [0.717, 1.165) is 50.0 Å². The zero-order chi connectivity index (χ0) is 22.9. The van der Waals surface area contributed by atoms with E-state index in [-0.39, 0.29) is 30.1 Å². The van der Waals surface area contributed by atoms with E-state index in [2.05, 4.69) is 12.1 Å². The number of piperidine rings is 2. The summed E-state index contributed by atoms with van der Waals surface area (Å²) in [6.45, 7) is 10.3. The monoisotopic (exact) mass is 448 g/mol. The van der Waals surface area contributed by atoms with Gasteiger partial charge in [-0.2, -0.15) is 5.06 Å². The van der Waals surface area contributed by atoms with Crippen LogP contribution in [0.4, 0.5) is 9.59 Å². The quantitative estimate of drug-likeness (QED) is 0.597. The highest BCUT2D eigenvalue weighted by atomic mass is 16.7. The van der Waals surface area contributed by atoms with Gasteiger partial charge in [-0.05, 0) is 52.9 Å². The van der Waals surface area contributed by atoms with Gasteiger partial charge in [0.15, 0.2) is 0 Å². The molecular formula is C23H36N4O5. The fourth-order valence-electron chi connectivity index (χ4n) is 4.74. The summed E-state index contributed by atoms with van der Waals surface area (Å²) in [5, 5.41) is 5.91. The summed E-state index contributed by atoms with van der Waals surface area (Å²) in [6.07, 6.45) is 5.09. The maximum absolute atomic E-state index is 12.9. The van der Waals surface area contributed by atoms with Crippen LogP contribution in [0.25, 0.3) is 0 Å². The Bertz CT molecular complexity index is 812. The number of ether oxygens (including phenoxy) is 1. The molecule has 2 bridgehead atoms. The van der Waals surface area contributed by atoms with Crippen LogP contribution in [-0.4, -0.2) is 70.0 Å². The van der Waals surface area contributed by atoms with E-state index in [1.54, 1.807) is 9.96 Å². The van der Waals surface area contributed by atoms with E-state index in [4.69, 9.17) is 14.1 Å². The fourth-order valence-corrected chi connectivity index (χ4v) is 4.74. The van der Waals surface area contributed by atoms with Gasteiger partial charge in [0, 0.05) is 31.6 Å². The number of likely N-dealkylation sites (tertiary alicyclic amines) is 1. The first-order chi connectivity index (χ1) is 15.3. The van der Waals surface area contributed by atoms with Crippen molar-refractivity contribution in [1.82, 2.24) is 20.0 Å². The summed E-state index contributed by atoms with van der Waals surface area (Å²) in [5.74, 6) is 1.06. The SMILES string of the molecule is CCCCON1C(=O)N2C[C@@H]1CC[C@H]2c1cc(C2CCN(C(=O)OC(C)(C)C)CC2)on1. The fraction of sp³-hybridized carbons (Fsp3) is 0.783. The zero-order valence-corrected chi connectivity index (χ0v) is 19.7. The van der Waals surface area contributed by atoms with Crippen LogP contribution in [0.3, 0.4) is 0 Å². The molecule has 0 N–H and O–H groups in total. The van der Waals surface area contributed by atoms with E-state index >= 15 is 0 Å². The molecule has 0 saturated carbocycles. The lowest BCUT2D eigenvalue weighted by atomic mass is 9.93. The number of urea groups is 1. The first-order valence-electron chi connectivity index (χ1n) is 11.9. The topological polar surface area (TPSA) is 88.4 Å². The third-order valence-corrected chi connectivity index (χ3v) is 6.49. The number of rotatable bonds is 6. The number of hydrogen-bond donors (Lipinski definition) is 0. The van der Waals surface area contributed by atoms with E-state index in [1.165, 1.54) is 0 Å². The maximum Gasteiger partial charge on any atom is 0.410 e. The minimum atomic E-state index is -0.490.